The third-order valence-electron chi connectivity index (χ3n) is 5.15. The molecule has 0 unspecified atom stereocenters. The third kappa shape index (κ3) is 4.80. The second-order valence-electron chi connectivity index (χ2n) is 7.31. The van der Waals surface area contributed by atoms with E-state index in [1.807, 2.05) is 17.9 Å². The quantitative estimate of drug-likeness (QED) is 0.806. The first-order chi connectivity index (χ1) is 12.1. The van der Waals surface area contributed by atoms with E-state index >= 15 is 0 Å². The van der Waals surface area contributed by atoms with Crippen molar-refractivity contribution in [1.82, 2.24) is 19.6 Å². The van der Waals surface area contributed by atoms with Crippen LogP contribution in [0.4, 0.5) is 0 Å². The van der Waals surface area contributed by atoms with Crippen molar-refractivity contribution in [1.29, 1.82) is 0 Å². The molecule has 0 saturated carbocycles. The van der Waals surface area contributed by atoms with E-state index in [1.165, 1.54) is 30.5 Å². The molecule has 1 aromatic carbocycles. The highest BCUT2D eigenvalue weighted by atomic mass is 15.3. The molecule has 2 aromatic rings. The molecule has 0 N–H and O–H groups in total. The predicted octanol–water partition coefficient (Wildman–Crippen LogP) is 3.45. The minimum absolute atomic E-state index is 0.475. The highest BCUT2D eigenvalue weighted by Crippen LogP contribution is 2.35. The van der Waals surface area contributed by atoms with Crippen LogP contribution >= 0.6 is 0 Å². The Labute approximate surface area is 151 Å². The number of aryl methyl sites for hydroxylation is 1. The van der Waals surface area contributed by atoms with Gasteiger partial charge in [-0.1, -0.05) is 42.5 Å². The molecule has 1 fully saturated rings. The summed E-state index contributed by atoms with van der Waals surface area (Å²) < 4.78 is 1.92. The molecule has 0 bridgehead atoms. The van der Waals surface area contributed by atoms with Crippen LogP contribution in [-0.2, 0) is 7.05 Å². The lowest BCUT2D eigenvalue weighted by Crippen LogP contribution is -2.41. The molecule has 2 atom stereocenters. The van der Waals surface area contributed by atoms with Crippen LogP contribution in [0.3, 0.4) is 0 Å². The van der Waals surface area contributed by atoms with Gasteiger partial charge in [0.25, 0.3) is 0 Å². The van der Waals surface area contributed by atoms with Crippen molar-refractivity contribution in [2.24, 2.45) is 13.0 Å². The molecule has 1 aliphatic heterocycles. The molecule has 0 radical (unpaired) electrons. The second-order valence-corrected chi connectivity index (χ2v) is 7.31. The summed E-state index contributed by atoms with van der Waals surface area (Å²) >= 11 is 0. The first-order valence-corrected chi connectivity index (χ1v) is 9.22. The zero-order valence-corrected chi connectivity index (χ0v) is 15.7. The lowest BCUT2D eigenvalue weighted by atomic mass is 9.86. The maximum atomic E-state index is 4.39. The molecule has 2 heterocycles. The number of hydrogen-bond acceptors (Lipinski definition) is 3. The van der Waals surface area contributed by atoms with Crippen LogP contribution in [0.2, 0.25) is 0 Å². The van der Waals surface area contributed by atoms with E-state index in [0.717, 1.165) is 13.1 Å². The first kappa shape index (κ1) is 17.9. The predicted molar refractivity (Wildman–Crippen MR) is 104 cm³/mol. The number of aromatic nitrogens is 2. The van der Waals surface area contributed by atoms with Crippen molar-refractivity contribution in [2.75, 3.05) is 33.7 Å². The Hall–Kier alpha value is -1.91. The van der Waals surface area contributed by atoms with Crippen LogP contribution in [0, 0.1) is 5.92 Å². The largest absolute Gasteiger partial charge is 0.302 e. The van der Waals surface area contributed by atoms with Gasteiger partial charge in [0, 0.05) is 37.9 Å². The molecule has 4 nitrogen and oxygen atoms in total. The van der Waals surface area contributed by atoms with E-state index in [1.54, 1.807) is 0 Å². The molecular formula is C21H30N4. The van der Waals surface area contributed by atoms with Gasteiger partial charge in [0.15, 0.2) is 0 Å². The van der Waals surface area contributed by atoms with Gasteiger partial charge in [-0.25, -0.2) is 0 Å². The third-order valence-corrected chi connectivity index (χ3v) is 5.15. The lowest BCUT2D eigenvalue weighted by Gasteiger charge is -2.40. The van der Waals surface area contributed by atoms with Crippen LogP contribution in [0.25, 0.3) is 6.08 Å². The standard InChI is InChI=1S/C21H30N4/c1-23(13-7-11-18-9-5-4-6-10-18)16-19-12-8-14-24(2)21(19)20-15-22-25(3)17-20/h4-7,9-11,15,17,19,21H,8,12-14,16H2,1-3H3/b11-7+/t19-,21+/m0/s1. The Morgan fingerprint density at radius 3 is 2.76 bits per heavy atom. The average molecular weight is 338 g/mol. The number of likely N-dealkylation sites (N-methyl/N-ethyl adjacent to an activating group) is 1. The van der Waals surface area contributed by atoms with E-state index in [4.69, 9.17) is 0 Å². The first-order valence-electron chi connectivity index (χ1n) is 9.22. The zero-order chi connectivity index (χ0) is 17.6. The van der Waals surface area contributed by atoms with E-state index in [-0.39, 0.29) is 0 Å². The monoisotopic (exact) mass is 338 g/mol. The maximum Gasteiger partial charge on any atom is 0.0537 e. The summed E-state index contributed by atoms with van der Waals surface area (Å²) in [6.45, 7) is 3.27. The van der Waals surface area contributed by atoms with E-state index < -0.39 is 0 Å². The summed E-state index contributed by atoms with van der Waals surface area (Å²) in [6.07, 6.45) is 11.3. The fourth-order valence-corrected chi connectivity index (χ4v) is 3.98. The Kier molecular flexibility index (Phi) is 6.05. The number of rotatable bonds is 6. The van der Waals surface area contributed by atoms with Crippen molar-refractivity contribution in [3.05, 3.63) is 59.9 Å². The molecule has 0 aliphatic carbocycles. The SMILES string of the molecule is CN(C/C=C/c1ccccc1)C[C@@H]1CCCN(C)[C@H]1c1cnn(C)c1. The summed E-state index contributed by atoms with van der Waals surface area (Å²) in [5.41, 5.74) is 2.62. The molecule has 1 aromatic heterocycles. The van der Waals surface area contributed by atoms with Crippen molar-refractivity contribution < 1.29 is 0 Å². The summed E-state index contributed by atoms with van der Waals surface area (Å²) in [7, 11) is 6.48. The Morgan fingerprint density at radius 2 is 2.04 bits per heavy atom. The van der Waals surface area contributed by atoms with Crippen LogP contribution < -0.4 is 0 Å². The van der Waals surface area contributed by atoms with E-state index in [0.29, 0.717) is 12.0 Å². The van der Waals surface area contributed by atoms with Gasteiger partial charge in [0.2, 0.25) is 0 Å². The van der Waals surface area contributed by atoms with Crippen LogP contribution in [0.15, 0.2) is 48.8 Å². The molecule has 1 aliphatic rings. The minimum atomic E-state index is 0.475. The zero-order valence-electron chi connectivity index (χ0n) is 15.7. The Bertz CT molecular complexity index is 676. The smallest absolute Gasteiger partial charge is 0.0537 e. The summed E-state index contributed by atoms with van der Waals surface area (Å²) in [6, 6.07) is 11.0. The van der Waals surface area contributed by atoms with E-state index in [2.05, 4.69) is 77.7 Å². The highest BCUT2D eigenvalue weighted by molar-refractivity contribution is 5.48. The van der Waals surface area contributed by atoms with E-state index in [9.17, 15) is 0 Å². The van der Waals surface area contributed by atoms with Gasteiger partial charge in [-0.3, -0.25) is 9.58 Å². The van der Waals surface area contributed by atoms with Crippen molar-refractivity contribution in [2.45, 2.75) is 18.9 Å². The summed E-state index contributed by atoms with van der Waals surface area (Å²) in [5, 5.41) is 4.39. The number of nitrogens with zero attached hydrogens (tertiary/aromatic N) is 4. The maximum absolute atomic E-state index is 4.39. The van der Waals surface area contributed by atoms with Gasteiger partial charge in [0.1, 0.15) is 0 Å². The second kappa shape index (κ2) is 8.45. The molecule has 0 spiro atoms. The number of hydrogen-bond donors (Lipinski definition) is 0. The van der Waals surface area contributed by atoms with Crippen LogP contribution in [-0.4, -0.2) is 53.3 Å². The van der Waals surface area contributed by atoms with Crippen molar-refractivity contribution in [3.8, 4) is 0 Å². The molecule has 0 amide bonds. The number of benzene rings is 1. The molecule has 4 heteroatoms. The van der Waals surface area contributed by atoms with Gasteiger partial charge < -0.3 is 4.90 Å². The number of piperidine rings is 1. The fraction of sp³-hybridized carbons (Fsp3) is 0.476. The van der Waals surface area contributed by atoms with Gasteiger partial charge in [0.05, 0.1) is 6.20 Å². The van der Waals surface area contributed by atoms with Gasteiger partial charge in [-0.2, -0.15) is 5.10 Å². The Balaban J connectivity index is 1.60. The van der Waals surface area contributed by atoms with Crippen molar-refractivity contribution in [3.63, 3.8) is 0 Å². The topological polar surface area (TPSA) is 24.3 Å². The van der Waals surface area contributed by atoms with Crippen LogP contribution in [0.1, 0.15) is 30.0 Å². The molecule has 1 saturated heterocycles. The van der Waals surface area contributed by atoms with Crippen molar-refractivity contribution >= 4 is 6.08 Å². The average Bonchev–Trinajstić information content (AvgIpc) is 3.02. The minimum Gasteiger partial charge on any atom is -0.302 e. The number of likely N-dealkylation sites (tertiary alicyclic amines) is 1. The summed E-state index contributed by atoms with van der Waals surface area (Å²) in [5.74, 6) is 0.651. The molecule has 3 rings (SSSR count). The van der Waals surface area contributed by atoms with Gasteiger partial charge >= 0.3 is 0 Å². The fourth-order valence-electron chi connectivity index (χ4n) is 3.98. The molecular weight excluding hydrogens is 308 g/mol. The van der Waals surface area contributed by atoms with Gasteiger partial charge in [-0.15, -0.1) is 0 Å². The lowest BCUT2D eigenvalue weighted by molar-refractivity contribution is 0.0973. The molecule has 134 valence electrons. The molecule has 25 heavy (non-hydrogen) atoms. The summed E-state index contributed by atoms with van der Waals surface area (Å²) in [4.78, 5) is 4.94. The highest BCUT2D eigenvalue weighted by Gasteiger charge is 2.31. The normalized spacial score (nSPS) is 22.1. The Morgan fingerprint density at radius 1 is 1.24 bits per heavy atom. The van der Waals surface area contributed by atoms with Crippen LogP contribution in [0.5, 0.6) is 0 Å². The van der Waals surface area contributed by atoms with Gasteiger partial charge in [-0.05, 0) is 45.0 Å².